The maximum Gasteiger partial charge on any atom is 0.278 e. The van der Waals surface area contributed by atoms with Gasteiger partial charge in [0.2, 0.25) is 5.91 Å². The topological polar surface area (TPSA) is 94.0 Å². The predicted octanol–water partition coefficient (Wildman–Crippen LogP) is 1.36. The van der Waals surface area contributed by atoms with Crippen LogP contribution in [0.25, 0.3) is 10.9 Å². The molecule has 7 heteroatoms. The number of rotatable bonds is 2. The highest BCUT2D eigenvalue weighted by Crippen LogP contribution is 2.24. The van der Waals surface area contributed by atoms with Crippen molar-refractivity contribution in [1.82, 2.24) is 20.3 Å². The third kappa shape index (κ3) is 3.06. The third-order valence-corrected chi connectivity index (χ3v) is 4.03. The van der Waals surface area contributed by atoms with E-state index in [0.29, 0.717) is 10.9 Å². The molecule has 2 aromatic rings. The SMILES string of the molecule is CC(C)(C)Cc1cccc2c(=O)n(C3CCC(=O)NC3=O)nnc12. The first-order valence-electron chi connectivity index (χ1n) is 7.97. The number of nitrogens with zero attached hydrogens (tertiary/aromatic N) is 3. The van der Waals surface area contributed by atoms with Gasteiger partial charge in [0, 0.05) is 6.42 Å². The van der Waals surface area contributed by atoms with Crippen molar-refractivity contribution in [1.29, 1.82) is 0 Å². The molecule has 7 nitrogen and oxygen atoms in total. The van der Waals surface area contributed by atoms with Gasteiger partial charge in [0.15, 0.2) is 0 Å². The Hall–Kier alpha value is -2.57. The number of hydrogen-bond acceptors (Lipinski definition) is 5. The smallest absolute Gasteiger partial charge is 0.278 e. The van der Waals surface area contributed by atoms with Crippen molar-refractivity contribution in [3.63, 3.8) is 0 Å². The van der Waals surface area contributed by atoms with Crippen molar-refractivity contribution in [2.75, 3.05) is 0 Å². The molecule has 2 amide bonds. The van der Waals surface area contributed by atoms with Crippen molar-refractivity contribution in [2.45, 2.75) is 46.1 Å². The number of piperidine rings is 1. The van der Waals surface area contributed by atoms with Crippen LogP contribution >= 0.6 is 0 Å². The number of imide groups is 1. The second-order valence-electron chi connectivity index (χ2n) is 7.36. The lowest BCUT2D eigenvalue weighted by molar-refractivity contribution is -0.136. The normalized spacial score (nSPS) is 18.7. The highest BCUT2D eigenvalue weighted by Gasteiger charge is 2.30. The minimum Gasteiger partial charge on any atom is -0.295 e. The van der Waals surface area contributed by atoms with E-state index in [4.69, 9.17) is 0 Å². The van der Waals surface area contributed by atoms with Gasteiger partial charge in [-0.2, -0.15) is 4.68 Å². The number of aromatic nitrogens is 3. The zero-order valence-electron chi connectivity index (χ0n) is 14.0. The first-order chi connectivity index (χ1) is 11.3. The molecule has 0 bridgehead atoms. The van der Waals surface area contributed by atoms with Gasteiger partial charge < -0.3 is 0 Å². The molecule has 0 radical (unpaired) electrons. The summed E-state index contributed by atoms with van der Waals surface area (Å²) in [6.07, 6.45) is 1.21. The maximum absolute atomic E-state index is 12.8. The van der Waals surface area contributed by atoms with Crippen LogP contribution < -0.4 is 10.9 Å². The predicted molar refractivity (Wildman–Crippen MR) is 88.4 cm³/mol. The highest BCUT2D eigenvalue weighted by molar-refractivity contribution is 5.99. The van der Waals surface area contributed by atoms with Crippen molar-refractivity contribution < 1.29 is 9.59 Å². The summed E-state index contributed by atoms with van der Waals surface area (Å²) in [6, 6.07) is 4.67. The summed E-state index contributed by atoms with van der Waals surface area (Å²) < 4.78 is 1.09. The number of benzene rings is 1. The summed E-state index contributed by atoms with van der Waals surface area (Å²) in [5.74, 6) is -0.835. The van der Waals surface area contributed by atoms with Crippen LogP contribution in [0.1, 0.15) is 45.2 Å². The van der Waals surface area contributed by atoms with Gasteiger partial charge in [-0.25, -0.2) is 0 Å². The molecule has 0 saturated carbocycles. The molecule has 1 aromatic carbocycles. The summed E-state index contributed by atoms with van der Waals surface area (Å²) in [5.41, 5.74) is 1.22. The van der Waals surface area contributed by atoms with Crippen LogP contribution in [-0.2, 0) is 16.0 Å². The number of nitrogens with one attached hydrogen (secondary N) is 1. The fourth-order valence-corrected chi connectivity index (χ4v) is 2.97. The summed E-state index contributed by atoms with van der Waals surface area (Å²) in [5, 5.41) is 10.9. The van der Waals surface area contributed by atoms with Crippen molar-refractivity contribution >= 4 is 22.7 Å². The zero-order chi connectivity index (χ0) is 17.5. The van der Waals surface area contributed by atoms with Gasteiger partial charge in [-0.15, -0.1) is 5.10 Å². The number of fused-ring (bicyclic) bond motifs is 1. The Bertz CT molecular complexity index is 880. The fraction of sp³-hybridized carbons (Fsp3) is 0.471. The molecule has 3 rings (SSSR count). The molecule has 126 valence electrons. The molecular formula is C17H20N4O3. The van der Waals surface area contributed by atoms with E-state index in [-0.39, 0.29) is 29.7 Å². The molecule has 1 aliphatic rings. The van der Waals surface area contributed by atoms with Crippen LogP contribution in [0.2, 0.25) is 0 Å². The summed E-state index contributed by atoms with van der Waals surface area (Å²) in [7, 11) is 0. The van der Waals surface area contributed by atoms with Crippen LogP contribution in [0.4, 0.5) is 0 Å². The molecule has 24 heavy (non-hydrogen) atoms. The Morgan fingerprint density at radius 1 is 1.25 bits per heavy atom. The molecule has 2 heterocycles. The van der Waals surface area contributed by atoms with Crippen LogP contribution in [0.5, 0.6) is 0 Å². The lowest BCUT2D eigenvalue weighted by Crippen LogP contribution is -2.45. The van der Waals surface area contributed by atoms with Gasteiger partial charge in [0.05, 0.1) is 5.39 Å². The molecule has 1 fully saturated rings. The Kier molecular flexibility index (Phi) is 3.95. The quantitative estimate of drug-likeness (QED) is 0.840. The van der Waals surface area contributed by atoms with Gasteiger partial charge in [0.1, 0.15) is 11.6 Å². The second kappa shape index (κ2) is 5.81. The lowest BCUT2D eigenvalue weighted by Gasteiger charge is -2.22. The van der Waals surface area contributed by atoms with Gasteiger partial charge in [-0.3, -0.25) is 19.7 Å². The van der Waals surface area contributed by atoms with Crippen LogP contribution in [0.3, 0.4) is 0 Å². The monoisotopic (exact) mass is 328 g/mol. The van der Waals surface area contributed by atoms with E-state index in [9.17, 15) is 14.4 Å². The Morgan fingerprint density at radius 2 is 2.00 bits per heavy atom. The largest absolute Gasteiger partial charge is 0.295 e. The Labute approximate surface area is 139 Å². The maximum atomic E-state index is 12.8. The first kappa shape index (κ1) is 16.3. The molecule has 1 saturated heterocycles. The average Bonchev–Trinajstić information content (AvgIpc) is 2.48. The van der Waals surface area contributed by atoms with Gasteiger partial charge in [-0.1, -0.05) is 38.1 Å². The molecule has 1 atom stereocenters. The minimum atomic E-state index is -0.793. The molecule has 1 aromatic heterocycles. The lowest BCUT2D eigenvalue weighted by atomic mass is 9.87. The van der Waals surface area contributed by atoms with E-state index in [1.807, 2.05) is 12.1 Å². The highest BCUT2D eigenvalue weighted by atomic mass is 16.2. The third-order valence-electron chi connectivity index (χ3n) is 4.03. The van der Waals surface area contributed by atoms with Crippen molar-refractivity contribution in [2.24, 2.45) is 5.41 Å². The first-order valence-corrected chi connectivity index (χ1v) is 7.97. The summed E-state index contributed by atoms with van der Waals surface area (Å²) in [4.78, 5) is 36.0. The number of carbonyl (C=O) groups excluding carboxylic acids is 2. The number of carbonyl (C=O) groups is 2. The van der Waals surface area contributed by atoms with Crippen LogP contribution in [0.15, 0.2) is 23.0 Å². The van der Waals surface area contributed by atoms with Gasteiger partial charge in [-0.05, 0) is 29.9 Å². The standard InChI is InChI=1S/C17H20N4O3/c1-17(2,3)9-10-5-4-6-11-14(10)19-20-21(16(11)24)12-7-8-13(22)18-15(12)23/h4-6,12H,7-9H2,1-3H3,(H,18,22,23). The second-order valence-corrected chi connectivity index (χ2v) is 7.36. The average molecular weight is 328 g/mol. The number of amides is 2. The van der Waals surface area contributed by atoms with E-state index < -0.39 is 11.9 Å². The van der Waals surface area contributed by atoms with E-state index in [0.717, 1.165) is 16.7 Å². The summed E-state index contributed by atoms with van der Waals surface area (Å²) in [6.45, 7) is 6.34. The van der Waals surface area contributed by atoms with E-state index in [2.05, 4.69) is 36.4 Å². The van der Waals surface area contributed by atoms with Crippen molar-refractivity contribution in [3.05, 3.63) is 34.1 Å². The zero-order valence-corrected chi connectivity index (χ0v) is 14.0. The number of hydrogen-bond donors (Lipinski definition) is 1. The molecular weight excluding hydrogens is 308 g/mol. The van der Waals surface area contributed by atoms with Crippen molar-refractivity contribution in [3.8, 4) is 0 Å². The molecule has 1 N–H and O–H groups in total. The molecule has 1 unspecified atom stereocenters. The Morgan fingerprint density at radius 3 is 2.67 bits per heavy atom. The fourth-order valence-electron chi connectivity index (χ4n) is 2.97. The van der Waals surface area contributed by atoms with E-state index >= 15 is 0 Å². The minimum absolute atomic E-state index is 0.0500. The molecule has 0 spiro atoms. The van der Waals surface area contributed by atoms with E-state index in [1.165, 1.54) is 0 Å². The van der Waals surface area contributed by atoms with Crippen LogP contribution in [-0.4, -0.2) is 26.8 Å². The van der Waals surface area contributed by atoms with Gasteiger partial charge in [0.25, 0.3) is 11.5 Å². The van der Waals surface area contributed by atoms with Crippen LogP contribution in [0, 0.1) is 5.41 Å². The van der Waals surface area contributed by atoms with E-state index in [1.54, 1.807) is 6.07 Å². The summed E-state index contributed by atoms with van der Waals surface area (Å²) >= 11 is 0. The molecule has 1 aliphatic heterocycles. The molecule has 0 aliphatic carbocycles. The van der Waals surface area contributed by atoms with Gasteiger partial charge >= 0.3 is 0 Å². The Balaban J connectivity index is 2.08.